The molecule has 1 aliphatic rings. The smallest absolute Gasteiger partial charge is 0.326 e. The van der Waals surface area contributed by atoms with Crippen LogP contribution >= 0.6 is 0 Å². The lowest BCUT2D eigenvalue weighted by Crippen LogP contribution is -2.46. The van der Waals surface area contributed by atoms with Crippen molar-refractivity contribution in [1.29, 1.82) is 0 Å². The highest BCUT2D eigenvalue weighted by atomic mass is 16.4. The van der Waals surface area contributed by atoms with Gasteiger partial charge in [-0.3, -0.25) is 9.78 Å². The summed E-state index contributed by atoms with van der Waals surface area (Å²) in [5.74, 6) is -1.26. The normalized spacial score (nSPS) is 17.7. The molecule has 0 saturated heterocycles. The maximum Gasteiger partial charge on any atom is 0.326 e. The van der Waals surface area contributed by atoms with Gasteiger partial charge < -0.3 is 10.4 Å². The number of aliphatic carboxylic acids is 1. The second-order valence-electron chi connectivity index (χ2n) is 4.92. The third kappa shape index (κ3) is 3.53. The van der Waals surface area contributed by atoms with E-state index in [1.807, 2.05) is 0 Å². The van der Waals surface area contributed by atoms with Crippen molar-refractivity contribution in [3.8, 4) is 0 Å². The second-order valence-corrected chi connectivity index (χ2v) is 4.92. The molecule has 102 valence electrons. The Morgan fingerprint density at radius 1 is 1.21 bits per heavy atom. The molecule has 0 aliphatic heterocycles. The summed E-state index contributed by atoms with van der Waals surface area (Å²) in [5, 5.41) is 11.9. The van der Waals surface area contributed by atoms with Crippen LogP contribution in [0.25, 0.3) is 0 Å². The summed E-state index contributed by atoms with van der Waals surface area (Å²) in [7, 11) is 0. The van der Waals surface area contributed by atoms with Crippen LogP contribution < -0.4 is 5.32 Å². The van der Waals surface area contributed by atoms with Crippen LogP contribution in [-0.2, 0) is 4.79 Å². The number of rotatable bonds is 4. The number of carbonyl (C=O) groups excluding carboxylic acids is 1. The van der Waals surface area contributed by atoms with E-state index in [0.29, 0.717) is 5.56 Å². The lowest BCUT2D eigenvalue weighted by Gasteiger charge is -2.28. The molecule has 1 aromatic rings. The number of carbonyl (C=O) groups is 2. The number of hydrogen-bond acceptors (Lipinski definition) is 3. The van der Waals surface area contributed by atoms with E-state index in [4.69, 9.17) is 0 Å². The summed E-state index contributed by atoms with van der Waals surface area (Å²) in [4.78, 5) is 27.2. The zero-order valence-electron chi connectivity index (χ0n) is 10.7. The van der Waals surface area contributed by atoms with Gasteiger partial charge in [0.25, 0.3) is 5.91 Å². The standard InChI is InChI=1S/C14H18N2O3/c17-13(11-6-8-15-9-7-11)16-12(14(18)19)10-4-2-1-3-5-10/h6-10,12H,1-5H2,(H,16,17)(H,18,19)/t12-/m0/s1. The fourth-order valence-electron chi connectivity index (χ4n) is 2.58. The summed E-state index contributed by atoms with van der Waals surface area (Å²) in [6.45, 7) is 0. The number of carboxylic acid groups (broad SMARTS) is 1. The maximum atomic E-state index is 12.0. The molecule has 1 atom stereocenters. The van der Waals surface area contributed by atoms with Gasteiger partial charge in [-0.2, -0.15) is 0 Å². The number of nitrogens with one attached hydrogen (secondary N) is 1. The van der Waals surface area contributed by atoms with E-state index in [1.165, 1.54) is 12.4 Å². The number of aromatic nitrogens is 1. The Kier molecular flexibility index (Phi) is 4.49. The summed E-state index contributed by atoms with van der Waals surface area (Å²) >= 11 is 0. The Morgan fingerprint density at radius 3 is 2.42 bits per heavy atom. The quantitative estimate of drug-likeness (QED) is 0.867. The van der Waals surface area contributed by atoms with Gasteiger partial charge in [0.2, 0.25) is 0 Å². The molecular weight excluding hydrogens is 244 g/mol. The van der Waals surface area contributed by atoms with E-state index in [2.05, 4.69) is 10.3 Å². The van der Waals surface area contributed by atoms with Crippen LogP contribution in [0.3, 0.4) is 0 Å². The first kappa shape index (κ1) is 13.5. The molecule has 5 heteroatoms. The highest BCUT2D eigenvalue weighted by molar-refractivity contribution is 5.96. The number of carboxylic acids is 1. The van der Waals surface area contributed by atoms with Crippen molar-refractivity contribution in [2.45, 2.75) is 38.1 Å². The third-order valence-electron chi connectivity index (χ3n) is 3.62. The first-order chi connectivity index (χ1) is 9.18. The molecule has 1 aliphatic carbocycles. The van der Waals surface area contributed by atoms with Crippen molar-refractivity contribution >= 4 is 11.9 Å². The topological polar surface area (TPSA) is 79.3 Å². The molecule has 1 heterocycles. The monoisotopic (exact) mass is 262 g/mol. The third-order valence-corrected chi connectivity index (χ3v) is 3.62. The van der Waals surface area contributed by atoms with Crippen molar-refractivity contribution in [3.63, 3.8) is 0 Å². The van der Waals surface area contributed by atoms with Gasteiger partial charge in [0.1, 0.15) is 6.04 Å². The predicted molar refractivity (Wildman–Crippen MR) is 69.7 cm³/mol. The van der Waals surface area contributed by atoms with Gasteiger partial charge >= 0.3 is 5.97 Å². The van der Waals surface area contributed by atoms with Crippen molar-refractivity contribution in [2.24, 2.45) is 5.92 Å². The molecule has 0 bridgehead atoms. The van der Waals surface area contributed by atoms with E-state index < -0.39 is 12.0 Å². The molecule has 0 unspecified atom stereocenters. The molecule has 1 saturated carbocycles. The average molecular weight is 262 g/mol. The minimum absolute atomic E-state index is 0.0389. The van der Waals surface area contributed by atoms with Crippen LogP contribution in [0, 0.1) is 5.92 Å². The Balaban J connectivity index is 2.04. The van der Waals surface area contributed by atoms with Crippen molar-refractivity contribution in [3.05, 3.63) is 30.1 Å². The van der Waals surface area contributed by atoms with Crippen LogP contribution in [0.2, 0.25) is 0 Å². The van der Waals surface area contributed by atoms with Crippen LogP contribution in [-0.4, -0.2) is 28.0 Å². The summed E-state index contributed by atoms with van der Waals surface area (Å²) < 4.78 is 0. The molecule has 19 heavy (non-hydrogen) atoms. The number of nitrogens with zero attached hydrogens (tertiary/aromatic N) is 1. The lowest BCUT2D eigenvalue weighted by molar-refractivity contribution is -0.141. The molecule has 2 rings (SSSR count). The fourth-order valence-corrected chi connectivity index (χ4v) is 2.58. The van der Waals surface area contributed by atoms with E-state index in [0.717, 1.165) is 32.1 Å². The van der Waals surface area contributed by atoms with Gasteiger partial charge in [-0.15, -0.1) is 0 Å². The molecule has 1 fully saturated rings. The first-order valence-electron chi connectivity index (χ1n) is 6.62. The summed E-state index contributed by atoms with van der Waals surface area (Å²) in [5.41, 5.74) is 0.442. The van der Waals surface area contributed by atoms with E-state index in [1.54, 1.807) is 12.1 Å². The number of pyridine rings is 1. The van der Waals surface area contributed by atoms with Crippen LogP contribution in [0.4, 0.5) is 0 Å². The Morgan fingerprint density at radius 2 is 1.84 bits per heavy atom. The molecule has 2 N–H and O–H groups in total. The fraction of sp³-hybridized carbons (Fsp3) is 0.500. The highest BCUT2D eigenvalue weighted by Gasteiger charge is 2.30. The van der Waals surface area contributed by atoms with Gasteiger partial charge in [-0.05, 0) is 30.9 Å². The maximum absolute atomic E-state index is 12.0. The zero-order chi connectivity index (χ0) is 13.7. The highest BCUT2D eigenvalue weighted by Crippen LogP contribution is 2.26. The molecule has 0 spiro atoms. The van der Waals surface area contributed by atoms with E-state index in [9.17, 15) is 14.7 Å². The summed E-state index contributed by atoms with van der Waals surface area (Å²) in [6.07, 6.45) is 8.01. The minimum Gasteiger partial charge on any atom is -0.480 e. The Labute approximate surface area is 112 Å². The molecule has 5 nitrogen and oxygen atoms in total. The Hall–Kier alpha value is -1.91. The van der Waals surface area contributed by atoms with Gasteiger partial charge in [-0.1, -0.05) is 19.3 Å². The van der Waals surface area contributed by atoms with Gasteiger partial charge in [0.05, 0.1) is 0 Å². The van der Waals surface area contributed by atoms with Crippen molar-refractivity contribution in [1.82, 2.24) is 10.3 Å². The van der Waals surface area contributed by atoms with Crippen molar-refractivity contribution in [2.75, 3.05) is 0 Å². The van der Waals surface area contributed by atoms with E-state index in [-0.39, 0.29) is 11.8 Å². The minimum atomic E-state index is -0.950. The molecule has 0 aromatic carbocycles. The van der Waals surface area contributed by atoms with Crippen LogP contribution in [0.5, 0.6) is 0 Å². The SMILES string of the molecule is O=C(N[C@H](C(=O)O)C1CCCCC1)c1ccncc1. The number of amides is 1. The van der Waals surface area contributed by atoms with Gasteiger partial charge in [0, 0.05) is 18.0 Å². The van der Waals surface area contributed by atoms with Gasteiger partial charge in [-0.25, -0.2) is 4.79 Å². The molecule has 0 radical (unpaired) electrons. The predicted octanol–water partition coefficient (Wildman–Crippen LogP) is 1.84. The van der Waals surface area contributed by atoms with E-state index >= 15 is 0 Å². The second kappa shape index (κ2) is 6.31. The average Bonchev–Trinajstić information content (AvgIpc) is 2.46. The molecule has 1 aromatic heterocycles. The van der Waals surface area contributed by atoms with Crippen LogP contribution in [0.1, 0.15) is 42.5 Å². The largest absolute Gasteiger partial charge is 0.480 e. The summed E-state index contributed by atoms with van der Waals surface area (Å²) in [6, 6.07) is 2.37. The zero-order valence-corrected chi connectivity index (χ0v) is 10.7. The van der Waals surface area contributed by atoms with Crippen molar-refractivity contribution < 1.29 is 14.7 Å². The first-order valence-corrected chi connectivity index (χ1v) is 6.62. The van der Waals surface area contributed by atoms with Gasteiger partial charge in [0.15, 0.2) is 0 Å². The molecule has 1 amide bonds. The molecular formula is C14H18N2O3. The lowest BCUT2D eigenvalue weighted by atomic mass is 9.84. The number of hydrogen-bond donors (Lipinski definition) is 2. The Bertz CT molecular complexity index is 441. The van der Waals surface area contributed by atoms with Crippen LogP contribution in [0.15, 0.2) is 24.5 Å².